The van der Waals surface area contributed by atoms with Crippen LogP contribution in [0.25, 0.3) is 0 Å². The second-order valence-electron chi connectivity index (χ2n) is 5.20. The van der Waals surface area contributed by atoms with Crippen LogP contribution >= 0.6 is 0 Å². The summed E-state index contributed by atoms with van der Waals surface area (Å²) in [7, 11) is 0. The zero-order valence-corrected chi connectivity index (χ0v) is 12.2. The Bertz CT molecular complexity index is 462. The topological polar surface area (TPSA) is 29.5 Å². The summed E-state index contributed by atoms with van der Waals surface area (Å²) in [5.74, 6) is 1.11. The summed E-state index contributed by atoms with van der Waals surface area (Å²) < 4.78 is 5.56. The molecule has 1 fully saturated rings. The summed E-state index contributed by atoms with van der Waals surface area (Å²) in [6.07, 6.45) is 2.43. The minimum atomic E-state index is 0.227. The maximum Gasteiger partial charge on any atom is 0.177 e. The first-order chi connectivity index (χ1) is 9.13. The zero-order chi connectivity index (χ0) is 13.8. The maximum atomic E-state index is 12.4. The lowest BCUT2D eigenvalue weighted by Gasteiger charge is -2.16. The predicted octanol–water partition coefficient (Wildman–Crippen LogP) is 2.98. The van der Waals surface area contributed by atoms with Gasteiger partial charge in [-0.15, -0.1) is 0 Å². The normalized spacial score (nSPS) is 15.7. The molecule has 1 aliphatic heterocycles. The Morgan fingerprint density at radius 1 is 1.21 bits per heavy atom. The molecule has 1 aromatic rings. The van der Waals surface area contributed by atoms with Crippen molar-refractivity contribution < 1.29 is 9.53 Å². The monoisotopic (exact) mass is 261 g/mol. The molecule has 1 aromatic carbocycles. The van der Waals surface area contributed by atoms with Gasteiger partial charge in [0.1, 0.15) is 5.75 Å². The van der Waals surface area contributed by atoms with Crippen LogP contribution < -0.4 is 4.74 Å². The van der Waals surface area contributed by atoms with Crippen LogP contribution in [0.3, 0.4) is 0 Å². The lowest BCUT2D eigenvalue weighted by atomic mass is 9.99. The van der Waals surface area contributed by atoms with Gasteiger partial charge < -0.3 is 4.74 Å². The van der Waals surface area contributed by atoms with Crippen molar-refractivity contribution >= 4 is 5.78 Å². The van der Waals surface area contributed by atoms with Crippen LogP contribution in [0, 0.1) is 13.8 Å². The molecule has 0 unspecified atom stereocenters. The van der Waals surface area contributed by atoms with Crippen molar-refractivity contribution in [3.63, 3.8) is 0 Å². The molecule has 1 saturated heterocycles. The molecule has 0 N–H and O–H groups in total. The van der Waals surface area contributed by atoms with Gasteiger partial charge in [-0.1, -0.05) is 0 Å². The summed E-state index contributed by atoms with van der Waals surface area (Å²) in [6.45, 7) is 9.32. The van der Waals surface area contributed by atoms with Gasteiger partial charge in [-0.05, 0) is 70.0 Å². The van der Waals surface area contributed by atoms with Gasteiger partial charge >= 0.3 is 0 Å². The van der Waals surface area contributed by atoms with Gasteiger partial charge in [0.25, 0.3) is 0 Å². The van der Waals surface area contributed by atoms with Crippen LogP contribution in [0.1, 0.15) is 41.3 Å². The lowest BCUT2D eigenvalue weighted by Crippen LogP contribution is -2.27. The number of carbonyl (C=O) groups excluding carboxylic acids is 1. The van der Waals surface area contributed by atoms with Crippen molar-refractivity contribution in [2.24, 2.45) is 0 Å². The standard InChI is InChI=1S/C16H23NO2/c1-4-19-16-8-7-14(12(2)13(16)3)15(18)11-17-9-5-6-10-17/h7-8H,4-6,9-11H2,1-3H3. The largest absolute Gasteiger partial charge is 0.494 e. The molecule has 0 bridgehead atoms. The molecule has 0 aliphatic carbocycles. The number of Topliss-reactive ketones (excluding diaryl/α,β-unsaturated/α-hetero) is 1. The first-order valence-corrected chi connectivity index (χ1v) is 7.12. The quantitative estimate of drug-likeness (QED) is 0.763. The summed E-state index contributed by atoms with van der Waals surface area (Å²) in [4.78, 5) is 14.6. The van der Waals surface area contributed by atoms with E-state index < -0.39 is 0 Å². The number of nitrogens with zero attached hydrogens (tertiary/aromatic N) is 1. The predicted molar refractivity (Wildman–Crippen MR) is 77.1 cm³/mol. The number of ether oxygens (including phenoxy) is 1. The first kappa shape index (κ1) is 14.1. The Morgan fingerprint density at radius 2 is 1.89 bits per heavy atom. The van der Waals surface area contributed by atoms with Crippen molar-refractivity contribution in [1.82, 2.24) is 4.90 Å². The highest BCUT2D eigenvalue weighted by molar-refractivity contribution is 5.99. The molecule has 19 heavy (non-hydrogen) atoms. The van der Waals surface area contributed by atoms with Crippen LogP contribution in [0.15, 0.2) is 12.1 Å². The molecular formula is C16H23NO2. The van der Waals surface area contributed by atoms with E-state index in [0.29, 0.717) is 13.2 Å². The van der Waals surface area contributed by atoms with E-state index in [-0.39, 0.29) is 5.78 Å². The third-order valence-electron chi connectivity index (χ3n) is 3.90. The molecule has 3 nitrogen and oxygen atoms in total. The molecular weight excluding hydrogens is 238 g/mol. The van der Waals surface area contributed by atoms with E-state index in [1.807, 2.05) is 32.9 Å². The highest BCUT2D eigenvalue weighted by atomic mass is 16.5. The van der Waals surface area contributed by atoms with E-state index >= 15 is 0 Å². The van der Waals surface area contributed by atoms with Gasteiger partial charge in [-0.3, -0.25) is 9.69 Å². The van der Waals surface area contributed by atoms with Gasteiger partial charge in [0.15, 0.2) is 5.78 Å². The minimum absolute atomic E-state index is 0.227. The summed E-state index contributed by atoms with van der Waals surface area (Å²) >= 11 is 0. The van der Waals surface area contributed by atoms with Crippen molar-refractivity contribution in [2.75, 3.05) is 26.2 Å². The fourth-order valence-electron chi connectivity index (χ4n) is 2.64. The van der Waals surface area contributed by atoms with Gasteiger partial charge in [0.05, 0.1) is 13.2 Å². The molecule has 0 amide bonds. The number of carbonyl (C=O) groups is 1. The number of likely N-dealkylation sites (tertiary alicyclic amines) is 1. The SMILES string of the molecule is CCOc1ccc(C(=O)CN2CCCC2)c(C)c1C. The number of hydrogen-bond acceptors (Lipinski definition) is 3. The van der Waals surface area contributed by atoms with E-state index in [0.717, 1.165) is 35.5 Å². The van der Waals surface area contributed by atoms with Crippen molar-refractivity contribution in [2.45, 2.75) is 33.6 Å². The summed E-state index contributed by atoms with van der Waals surface area (Å²) in [5, 5.41) is 0. The highest BCUT2D eigenvalue weighted by Gasteiger charge is 2.18. The van der Waals surface area contributed by atoms with E-state index in [1.165, 1.54) is 12.8 Å². The maximum absolute atomic E-state index is 12.4. The third-order valence-corrected chi connectivity index (χ3v) is 3.90. The smallest absolute Gasteiger partial charge is 0.177 e. The molecule has 0 spiro atoms. The average molecular weight is 261 g/mol. The van der Waals surface area contributed by atoms with Crippen molar-refractivity contribution in [1.29, 1.82) is 0 Å². The van der Waals surface area contributed by atoms with Crippen molar-refractivity contribution in [3.05, 3.63) is 28.8 Å². The number of hydrogen-bond donors (Lipinski definition) is 0. The molecule has 0 saturated carbocycles. The molecule has 3 heteroatoms. The number of ketones is 1. The fraction of sp³-hybridized carbons (Fsp3) is 0.562. The molecule has 0 aromatic heterocycles. The van der Waals surface area contributed by atoms with E-state index in [1.54, 1.807) is 0 Å². The highest BCUT2D eigenvalue weighted by Crippen LogP contribution is 2.25. The average Bonchev–Trinajstić information content (AvgIpc) is 2.88. The Kier molecular flexibility index (Phi) is 4.59. The molecule has 2 rings (SSSR count). The van der Waals surface area contributed by atoms with Crippen molar-refractivity contribution in [3.8, 4) is 5.75 Å². The Balaban J connectivity index is 2.15. The van der Waals surface area contributed by atoms with E-state index in [2.05, 4.69) is 4.90 Å². The number of rotatable bonds is 5. The third kappa shape index (κ3) is 3.16. The Morgan fingerprint density at radius 3 is 2.53 bits per heavy atom. The van der Waals surface area contributed by atoms with Crippen LogP contribution in [-0.2, 0) is 0 Å². The lowest BCUT2D eigenvalue weighted by molar-refractivity contribution is 0.0944. The van der Waals surface area contributed by atoms with Gasteiger partial charge in [-0.25, -0.2) is 0 Å². The fourth-order valence-corrected chi connectivity index (χ4v) is 2.64. The van der Waals surface area contributed by atoms with E-state index in [9.17, 15) is 4.79 Å². The van der Waals surface area contributed by atoms with Crippen LogP contribution in [-0.4, -0.2) is 36.9 Å². The summed E-state index contributed by atoms with van der Waals surface area (Å²) in [6, 6.07) is 3.83. The summed E-state index contributed by atoms with van der Waals surface area (Å²) in [5.41, 5.74) is 2.97. The van der Waals surface area contributed by atoms with E-state index in [4.69, 9.17) is 4.74 Å². The van der Waals surface area contributed by atoms with Crippen LogP contribution in [0.4, 0.5) is 0 Å². The van der Waals surface area contributed by atoms with Gasteiger partial charge in [0, 0.05) is 5.56 Å². The Labute approximate surface area is 115 Å². The zero-order valence-electron chi connectivity index (χ0n) is 12.2. The molecule has 1 heterocycles. The number of benzene rings is 1. The second-order valence-corrected chi connectivity index (χ2v) is 5.20. The molecule has 104 valence electrons. The van der Waals surface area contributed by atoms with Crippen LogP contribution in [0.5, 0.6) is 5.75 Å². The molecule has 0 atom stereocenters. The minimum Gasteiger partial charge on any atom is -0.494 e. The van der Waals surface area contributed by atoms with Gasteiger partial charge in [-0.2, -0.15) is 0 Å². The van der Waals surface area contributed by atoms with Gasteiger partial charge in [0.2, 0.25) is 0 Å². The van der Waals surface area contributed by atoms with Crippen LogP contribution in [0.2, 0.25) is 0 Å². The first-order valence-electron chi connectivity index (χ1n) is 7.12. The Hall–Kier alpha value is -1.35. The second kappa shape index (κ2) is 6.20. The molecule has 1 aliphatic rings. The molecule has 0 radical (unpaired) electrons.